The predicted octanol–water partition coefficient (Wildman–Crippen LogP) is 0.752. The first-order valence-electron chi connectivity index (χ1n) is 7.84. The van der Waals surface area contributed by atoms with Crippen molar-refractivity contribution in [1.29, 1.82) is 0 Å². The second-order valence-electron chi connectivity index (χ2n) is 5.77. The van der Waals surface area contributed by atoms with Crippen LogP contribution < -0.4 is 0 Å². The smallest absolute Gasteiger partial charge is 0.229 e. The Hall–Kier alpha value is -3.03. The topological polar surface area (TPSA) is 81.7 Å². The highest BCUT2D eigenvalue weighted by Crippen LogP contribution is 2.13. The zero-order chi connectivity index (χ0) is 16.5. The number of benzene rings is 1. The first-order chi connectivity index (χ1) is 11.7. The fourth-order valence-corrected chi connectivity index (χ4v) is 2.84. The number of hydrogen-bond acceptors (Lipinski definition) is 5. The van der Waals surface area contributed by atoms with Crippen molar-refractivity contribution in [2.24, 2.45) is 0 Å². The summed E-state index contributed by atoms with van der Waals surface area (Å²) < 4.78 is 2.05. The van der Waals surface area contributed by atoms with Gasteiger partial charge in [0.05, 0.1) is 30.5 Å². The molecule has 3 aromatic rings. The fraction of sp³-hybridized carbons (Fsp3) is 0.312. The van der Waals surface area contributed by atoms with Crippen LogP contribution in [-0.4, -0.2) is 47.1 Å². The third kappa shape index (κ3) is 2.66. The highest BCUT2D eigenvalue weighted by Gasteiger charge is 2.24. The van der Waals surface area contributed by atoms with E-state index in [4.69, 9.17) is 0 Å². The third-order valence-corrected chi connectivity index (χ3v) is 4.15. The van der Waals surface area contributed by atoms with Crippen molar-refractivity contribution in [3.63, 3.8) is 0 Å². The van der Waals surface area contributed by atoms with Gasteiger partial charge in [0.1, 0.15) is 5.82 Å². The van der Waals surface area contributed by atoms with Crippen LogP contribution in [0.15, 0.2) is 36.5 Å². The van der Waals surface area contributed by atoms with Crippen LogP contribution in [0, 0.1) is 6.92 Å². The van der Waals surface area contributed by atoms with E-state index in [0.29, 0.717) is 18.8 Å². The summed E-state index contributed by atoms with van der Waals surface area (Å²) in [6, 6.07) is 9.63. The van der Waals surface area contributed by atoms with Crippen molar-refractivity contribution in [1.82, 2.24) is 34.7 Å². The van der Waals surface area contributed by atoms with Gasteiger partial charge in [0.15, 0.2) is 5.82 Å². The summed E-state index contributed by atoms with van der Waals surface area (Å²) in [5.74, 6) is 1.75. The lowest BCUT2D eigenvalue weighted by atomic mass is 10.2. The summed E-state index contributed by atoms with van der Waals surface area (Å²) >= 11 is 0. The zero-order valence-corrected chi connectivity index (χ0v) is 13.3. The minimum absolute atomic E-state index is 0.0296. The van der Waals surface area contributed by atoms with E-state index in [0.717, 1.165) is 23.9 Å². The van der Waals surface area contributed by atoms with Gasteiger partial charge in [0.2, 0.25) is 5.91 Å². The minimum Gasteiger partial charge on any atom is -0.333 e. The largest absolute Gasteiger partial charge is 0.333 e. The maximum absolute atomic E-state index is 12.5. The first-order valence-corrected chi connectivity index (χ1v) is 7.84. The minimum atomic E-state index is 0.0296. The van der Waals surface area contributed by atoms with E-state index in [-0.39, 0.29) is 12.3 Å². The summed E-state index contributed by atoms with van der Waals surface area (Å²) in [5.41, 5.74) is 1.53. The van der Waals surface area contributed by atoms with Crippen molar-refractivity contribution in [2.45, 2.75) is 26.4 Å². The molecular formula is C16H17N7O. The number of para-hydroxylation sites is 1. The predicted molar refractivity (Wildman–Crippen MR) is 85.2 cm³/mol. The van der Waals surface area contributed by atoms with Crippen LogP contribution in [0.5, 0.6) is 0 Å². The fourth-order valence-electron chi connectivity index (χ4n) is 2.84. The van der Waals surface area contributed by atoms with Gasteiger partial charge >= 0.3 is 0 Å². The number of nitrogens with zero attached hydrogens (tertiary/aromatic N) is 7. The lowest BCUT2D eigenvalue weighted by Gasteiger charge is -2.27. The molecule has 0 saturated carbocycles. The molecule has 4 rings (SSSR count). The Labute approximate surface area is 138 Å². The van der Waals surface area contributed by atoms with Gasteiger partial charge in [0.25, 0.3) is 0 Å². The van der Waals surface area contributed by atoms with E-state index >= 15 is 0 Å². The Balaban J connectivity index is 1.45. The molecule has 24 heavy (non-hydrogen) atoms. The molecule has 0 N–H and O–H groups in total. The van der Waals surface area contributed by atoms with Crippen LogP contribution in [0.25, 0.3) is 5.69 Å². The highest BCUT2D eigenvalue weighted by atomic mass is 16.2. The number of amides is 1. The quantitative estimate of drug-likeness (QED) is 0.710. The summed E-state index contributed by atoms with van der Waals surface area (Å²) in [6.45, 7) is 3.82. The molecule has 3 heterocycles. The monoisotopic (exact) mass is 323 g/mol. The van der Waals surface area contributed by atoms with Crippen molar-refractivity contribution >= 4 is 5.91 Å². The Morgan fingerprint density at radius 2 is 2.00 bits per heavy atom. The van der Waals surface area contributed by atoms with E-state index in [2.05, 4.69) is 25.0 Å². The Bertz CT molecular complexity index is 868. The Kier molecular flexibility index (Phi) is 3.56. The van der Waals surface area contributed by atoms with E-state index in [1.54, 1.807) is 15.9 Å². The number of aryl methyl sites for hydroxylation is 1. The molecule has 0 atom stereocenters. The number of fused-ring (bicyclic) bond motifs is 1. The molecule has 0 bridgehead atoms. The average molecular weight is 323 g/mol. The van der Waals surface area contributed by atoms with E-state index in [1.807, 2.05) is 37.3 Å². The molecule has 0 aliphatic carbocycles. The molecular weight excluding hydrogens is 306 g/mol. The summed E-state index contributed by atoms with van der Waals surface area (Å²) in [6.07, 6.45) is 1.88. The molecule has 8 nitrogen and oxygen atoms in total. The van der Waals surface area contributed by atoms with Gasteiger partial charge in [-0.05, 0) is 19.1 Å². The van der Waals surface area contributed by atoms with Crippen LogP contribution in [-0.2, 0) is 24.3 Å². The first kappa shape index (κ1) is 14.6. The molecule has 0 saturated heterocycles. The number of carbonyl (C=O) groups excluding carboxylic acids is 1. The molecule has 0 spiro atoms. The Morgan fingerprint density at radius 3 is 2.83 bits per heavy atom. The molecule has 1 aromatic carbocycles. The van der Waals surface area contributed by atoms with Crippen LogP contribution in [0.1, 0.15) is 17.3 Å². The molecule has 122 valence electrons. The molecule has 8 heteroatoms. The average Bonchev–Trinajstić information content (AvgIpc) is 3.22. The number of aromatic nitrogens is 6. The lowest BCUT2D eigenvalue weighted by Crippen LogP contribution is -2.39. The number of hydrogen-bond donors (Lipinski definition) is 0. The third-order valence-electron chi connectivity index (χ3n) is 4.15. The summed E-state index contributed by atoms with van der Waals surface area (Å²) in [7, 11) is 0. The molecule has 2 aromatic heterocycles. The van der Waals surface area contributed by atoms with Gasteiger partial charge in [-0.2, -0.15) is 15.0 Å². The normalized spacial score (nSPS) is 13.8. The Morgan fingerprint density at radius 1 is 1.17 bits per heavy atom. The van der Waals surface area contributed by atoms with E-state index in [1.165, 1.54) is 0 Å². The summed E-state index contributed by atoms with van der Waals surface area (Å²) in [4.78, 5) is 15.9. The van der Waals surface area contributed by atoms with Crippen LogP contribution in [0.4, 0.5) is 0 Å². The molecule has 1 aliphatic rings. The molecule has 0 unspecified atom stereocenters. The van der Waals surface area contributed by atoms with E-state index < -0.39 is 0 Å². The van der Waals surface area contributed by atoms with Crippen LogP contribution >= 0.6 is 0 Å². The van der Waals surface area contributed by atoms with Crippen molar-refractivity contribution in [3.8, 4) is 5.69 Å². The SMILES string of the molecule is Cc1nnc2n1CCN(C(=O)Cc1cnn(-c3ccccc3)n1)C2. The van der Waals surface area contributed by atoms with Gasteiger partial charge < -0.3 is 9.47 Å². The van der Waals surface area contributed by atoms with Crippen molar-refractivity contribution < 1.29 is 4.79 Å². The van der Waals surface area contributed by atoms with Gasteiger partial charge in [0, 0.05) is 13.1 Å². The van der Waals surface area contributed by atoms with Crippen LogP contribution in [0.2, 0.25) is 0 Å². The highest BCUT2D eigenvalue weighted by molar-refractivity contribution is 5.78. The van der Waals surface area contributed by atoms with Gasteiger partial charge in [-0.25, -0.2) is 0 Å². The second kappa shape index (κ2) is 5.88. The molecule has 0 fully saturated rings. The molecule has 0 radical (unpaired) electrons. The number of carbonyl (C=O) groups is 1. The van der Waals surface area contributed by atoms with Gasteiger partial charge in [-0.1, -0.05) is 18.2 Å². The maximum atomic E-state index is 12.5. The standard InChI is InChI=1S/C16H17N7O/c1-12-18-19-15-11-21(7-8-22(12)15)16(24)9-13-10-17-23(20-13)14-5-3-2-4-6-14/h2-6,10H,7-9,11H2,1H3. The maximum Gasteiger partial charge on any atom is 0.229 e. The summed E-state index contributed by atoms with van der Waals surface area (Å²) in [5, 5.41) is 16.8. The van der Waals surface area contributed by atoms with Crippen molar-refractivity contribution in [3.05, 3.63) is 53.9 Å². The van der Waals surface area contributed by atoms with Crippen LogP contribution in [0.3, 0.4) is 0 Å². The molecule has 1 aliphatic heterocycles. The van der Waals surface area contributed by atoms with Crippen molar-refractivity contribution in [2.75, 3.05) is 6.54 Å². The lowest BCUT2D eigenvalue weighted by molar-refractivity contribution is -0.132. The van der Waals surface area contributed by atoms with Gasteiger partial charge in [-0.3, -0.25) is 4.79 Å². The van der Waals surface area contributed by atoms with E-state index in [9.17, 15) is 4.79 Å². The molecule has 1 amide bonds. The second-order valence-corrected chi connectivity index (χ2v) is 5.77. The number of rotatable bonds is 3. The van der Waals surface area contributed by atoms with Gasteiger partial charge in [-0.15, -0.1) is 10.2 Å². The zero-order valence-electron chi connectivity index (χ0n) is 13.3.